The fourth-order valence-electron chi connectivity index (χ4n) is 2.20. The van der Waals surface area contributed by atoms with E-state index in [0.29, 0.717) is 0 Å². The van der Waals surface area contributed by atoms with Crippen LogP contribution < -0.4 is 5.32 Å². The first-order valence-electron chi connectivity index (χ1n) is 6.59. The molecule has 1 aromatic rings. The minimum absolute atomic E-state index is 0.0218. The molecule has 0 saturated carbocycles. The summed E-state index contributed by atoms with van der Waals surface area (Å²) in [5.74, 6) is 1.57. The second kappa shape index (κ2) is 5.97. The lowest BCUT2D eigenvalue weighted by Gasteiger charge is -2.22. The van der Waals surface area contributed by atoms with E-state index in [0.717, 1.165) is 37.6 Å². The molecule has 1 unspecified atom stereocenters. The molecule has 0 spiro atoms. The van der Waals surface area contributed by atoms with Gasteiger partial charge in [0.2, 0.25) is 5.91 Å². The molecule has 6 nitrogen and oxygen atoms in total. The van der Waals surface area contributed by atoms with Gasteiger partial charge in [-0.15, -0.1) is 0 Å². The number of hydrogen-bond acceptors (Lipinski definition) is 4. The molecule has 1 aliphatic rings. The molecule has 1 aliphatic heterocycles. The Kier molecular flexibility index (Phi) is 4.31. The van der Waals surface area contributed by atoms with Crippen molar-refractivity contribution in [3.8, 4) is 0 Å². The maximum atomic E-state index is 11.8. The van der Waals surface area contributed by atoms with Crippen LogP contribution in [0.3, 0.4) is 0 Å². The first-order chi connectivity index (χ1) is 9.06. The third-order valence-electron chi connectivity index (χ3n) is 3.04. The Morgan fingerprint density at radius 3 is 3.11 bits per heavy atom. The topological polar surface area (TPSA) is 63.1 Å². The Morgan fingerprint density at radius 1 is 1.58 bits per heavy atom. The highest BCUT2D eigenvalue weighted by Crippen LogP contribution is 2.22. The van der Waals surface area contributed by atoms with E-state index in [-0.39, 0.29) is 11.9 Å². The normalized spacial score (nSPS) is 18.8. The predicted octanol–water partition coefficient (Wildman–Crippen LogP) is 0.655. The van der Waals surface area contributed by atoms with Crippen molar-refractivity contribution in [3.05, 3.63) is 23.8 Å². The van der Waals surface area contributed by atoms with Gasteiger partial charge in [0.05, 0.1) is 6.04 Å². The maximum Gasteiger partial charge on any atom is 0.244 e. The number of fused-ring (bicyclic) bond motifs is 1. The largest absolute Gasteiger partial charge is 0.343 e. The smallest absolute Gasteiger partial charge is 0.244 e. The molecule has 19 heavy (non-hydrogen) atoms. The number of rotatable bonds is 4. The van der Waals surface area contributed by atoms with Gasteiger partial charge < -0.3 is 10.2 Å². The number of hydrogen-bond donors (Lipinski definition) is 1. The summed E-state index contributed by atoms with van der Waals surface area (Å²) in [5.41, 5.74) is 0. The van der Waals surface area contributed by atoms with Crippen LogP contribution >= 0.6 is 0 Å². The van der Waals surface area contributed by atoms with Crippen molar-refractivity contribution in [2.75, 3.05) is 20.6 Å². The fourth-order valence-corrected chi connectivity index (χ4v) is 2.20. The summed E-state index contributed by atoms with van der Waals surface area (Å²) in [6, 6.07) is -0.0218. The molecule has 0 aliphatic carbocycles. The van der Waals surface area contributed by atoms with Crippen molar-refractivity contribution in [1.29, 1.82) is 0 Å². The van der Waals surface area contributed by atoms with E-state index in [9.17, 15) is 4.79 Å². The average molecular weight is 263 g/mol. The van der Waals surface area contributed by atoms with Gasteiger partial charge in [-0.25, -0.2) is 9.67 Å². The summed E-state index contributed by atoms with van der Waals surface area (Å²) in [6.45, 7) is 3.52. The van der Waals surface area contributed by atoms with E-state index in [1.807, 2.05) is 36.7 Å². The summed E-state index contributed by atoms with van der Waals surface area (Å²) < 4.78 is 1.90. The number of carbonyl (C=O) groups excluding carboxylic acids is 1. The second-order valence-electron chi connectivity index (χ2n) is 5.11. The van der Waals surface area contributed by atoms with Gasteiger partial charge >= 0.3 is 0 Å². The molecule has 1 aromatic heterocycles. The molecule has 0 fully saturated rings. The molecule has 2 rings (SSSR count). The van der Waals surface area contributed by atoms with E-state index in [1.165, 1.54) is 0 Å². The van der Waals surface area contributed by atoms with Crippen LogP contribution in [0.4, 0.5) is 0 Å². The summed E-state index contributed by atoms with van der Waals surface area (Å²) in [6.07, 6.45) is 5.38. The summed E-state index contributed by atoms with van der Waals surface area (Å²) in [4.78, 5) is 18.2. The van der Waals surface area contributed by atoms with E-state index in [4.69, 9.17) is 0 Å². The Morgan fingerprint density at radius 2 is 2.37 bits per heavy atom. The monoisotopic (exact) mass is 263 g/mol. The van der Waals surface area contributed by atoms with Crippen LogP contribution in [0.15, 0.2) is 12.2 Å². The Balaban J connectivity index is 1.96. The van der Waals surface area contributed by atoms with Crippen LogP contribution in [0.2, 0.25) is 0 Å². The summed E-state index contributed by atoms with van der Waals surface area (Å²) in [7, 11) is 3.93. The Hall–Kier alpha value is -1.69. The van der Waals surface area contributed by atoms with Crippen LogP contribution in [0.25, 0.3) is 0 Å². The number of aromatic nitrogens is 3. The third kappa shape index (κ3) is 3.64. The highest BCUT2D eigenvalue weighted by molar-refractivity contribution is 5.87. The molecule has 1 amide bonds. The molecular formula is C13H21N5O. The first kappa shape index (κ1) is 13.7. The Labute approximate surface area is 113 Å². The number of aryl methyl sites for hydroxylation is 2. The molecule has 1 N–H and O–H groups in total. The molecule has 2 heterocycles. The zero-order valence-electron chi connectivity index (χ0n) is 11.8. The minimum Gasteiger partial charge on any atom is -0.343 e. The maximum absolute atomic E-state index is 11.8. The van der Waals surface area contributed by atoms with Crippen LogP contribution in [0.1, 0.15) is 30.5 Å². The lowest BCUT2D eigenvalue weighted by atomic mass is 10.1. The quantitative estimate of drug-likeness (QED) is 0.810. The van der Waals surface area contributed by atoms with E-state index in [2.05, 4.69) is 15.4 Å². The minimum atomic E-state index is -0.0686. The highest BCUT2D eigenvalue weighted by atomic mass is 16.1. The standard InChI is InChI=1S/C13H21N5O/c1-10-14-13-11(6-4-9-18(13)16-10)15-12(19)7-5-8-17(2)3/h5,7,11H,4,6,8-9H2,1-3H3,(H,15,19)/b7-5+. The van der Waals surface area contributed by atoms with Gasteiger partial charge in [0, 0.05) is 19.2 Å². The van der Waals surface area contributed by atoms with Crippen molar-refractivity contribution in [2.24, 2.45) is 0 Å². The number of nitrogens with one attached hydrogen (secondary N) is 1. The number of likely N-dealkylation sites (N-methyl/N-ethyl adjacent to an activating group) is 1. The van der Waals surface area contributed by atoms with E-state index >= 15 is 0 Å². The van der Waals surface area contributed by atoms with Gasteiger partial charge in [-0.3, -0.25) is 4.79 Å². The SMILES string of the molecule is Cc1nc2n(n1)CCCC2NC(=O)/C=C/CN(C)C. The molecule has 0 bridgehead atoms. The van der Waals surface area contributed by atoms with Crippen LogP contribution in [-0.4, -0.2) is 46.2 Å². The van der Waals surface area contributed by atoms with Gasteiger partial charge in [0.1, 0.15) is 11.6 Å². The van der Waals surface area contributed by atoms with Gasteiger partial charge in [0.25, 0.3) is 0 Å². The molecule has 0 radical (unpaired) electrons. The molecule has 104 valence electrons. The number of carbonyl (C=O) groups is 1. The fraction of sp³-hybridized carbons (Fsp3) is 0.615. The van der Waals surface area contributed by atoms with Crippen molar-refractivity contribution >= 4 is 5.91 Å². The van der Waals surface area contributed by atoms with E-state index < -0.39 is 0 Å². The molecule has 6 heteroatoms. The van der Waals surface area contributed by atoms with Gasteiger partial charge in [-0.2, -0.15) is 5.10 Å². The van der Waals surface area contributed by atoms with Crippen LogP contribution in [0, 0.1) is 6.92 Å². The molecule has 1 atom stereocenters. The van der Waals surface area contributed by atoms with Crippen LogP contribution in [0.5, 0.6) is 0 Å². The molecular weight excluding hydrogens is 242 g/mol. The van der Waals surface area contributed by atoms with Gasteiger partial charge in [-0.05, 0) is 33.9 Å². The molecule has 0 saturated heterocycles. The van der Waals surface area contributed by atoms with Crippen molar-refractivity contribution in [2.45, 2.75) is 32.4 Å². The zero-order valence-corrected chi connectivity index (χ0v) is 11.8. The summed E-state index contributed by atoms with van der Waals surface area (Å²) >= 11 is 0. The Bertz CT molecular complexity index is 477. The van der Waals surface area contributed by atoms with Crippen molar-refractivity contribution in [1.82, 2.24) is 25.0 Å². The van der Waals surface area contributed by atoms with Crippen molar-refractivity contribution < 1.29 is 4.79 Å². The predicted molar refractivity (Wildman–Crippen MR) is 72.6 cm³/mol. The number of nitrogens with zero attached hydrogens (tertiary/aromatic N) is 4. The van der Waals surface area contributed by atoms with Crippen molar-refractivity contribution in [3.63, 3.8) is 0 Å². The summed E-state index contributed by atoms with van der Waals surface area (Å²) in [5, 5.41) is 7.32. The second-order valence-corrected chi connectivity index (χ2v) is 5.11. The van der Waals surface area contributed by atoms with Crippen LogP contribution in [-0.2, 0) is 11.3 Å². The molecule has 0 aromatic carbocycles. The van der Waals surface area contributed by atoms with Gasteiger partial charge in [-0.1, -0.05) is 6.08 Å². The average Bonchev–Trinajstić information content (AvgIpc) is 2.70. The zero-order chi connectivity index (χ0) is 13.8. The van der Waals surface area contributed by atoms with E-state index in [1.54, 1.807) is 6.08 Å². The van der Waals surface area contributed by atoms with Gasteiger partial charge in [0.15, 0.2) is 0 Å². The lowest BCUT2D eigenvalue weighted by Crippen LogP contribution is -2.32. The number of amides is 1. The third-order valence-corrected chi connectivity index (χ3v) is 3.04. The first-order valence-corrected chi connectivity index (χ1v) is 6.59. The highest BCUT2D eigenvalue weighted by Gasteiger charge is 2.24. The lowest BCUT2D eigenvalue weighted by molar-refractivity contribution is -0.117.